The number of fused-ring (bicyclic) bond motifs is 1. The summed E-state index contributed by atoms with van der Waals surface area (Å²) in [5.74, 6) is -1.52. The molecule has 5 N–H and O–H groups in total. The Morgan fingerprint density at radius 2 is 1.78 bits per heavy atom. The number of halogens is 2. The zero-order valence-corrected chi connectivity index (χ0v) is 27.4. The molecule has 12 nitrogen and oxygen atoms in total. The van der Waals surface area contributed by atoms with Gasteiger partial charge in [0.2, 0.25) is 11.8 Å². The van der Waals surface area contributed by atoms with Gasteiger partial charge in [-0.1, -0.05) is 48.5 Å². The van der Waals surface area contributed by atoms with Gasteiger partial charge in [-0.15, -0.1) is 24.8 Å². The maximum atomic E-state index is 13.9. The van der Waals surface area contributed by atoms with E-state index in [0.29, 0.717) is 24.9 Å². The molecule has 0 saturated carbocycles. The summed E-state index contributed by atoms with van der Waals surface area (Å²) in [5.41, 5.74) is 7.27. The topological polar surface area (TPSA) is 164 Å². The van der Waals surface area contributed by atoms with Crippen molar-refractivity contribution in [1.82, 2.24) is 24.8 Å². The van der Waals surface area contributed by atoms with E-state index >= 15 is 0 Å². The Labute approximate surface area is 279 Å². The zero-order valence-electron chi connectivity index (χ0n) is 25.8. The molecule has 2 aromatic carbocycles. The highest BCUT2D eigenvalue weighted by atomic mass is 35.5. The summed E-state index contributed by atoms with van der Waals surface area (Å²) in [6, 6.07) is 14.4. The SMILES string of the molecule is COC(=O)C1CCCN1C(=O)C(c1ccccc1)n1cnc(NC(=O)[C@@H](Cc2c[nH]c3ccccc23)NC(=O)C(C)(C)N)c1.Cl.Cl. The van der Waals surface area contributed by atoms with Crippen molar-refractivity contribution in [2.24, 2.45) is 5.73 Å². The molecule has 3 atom stereocenters. The normalized spacial score (nSPS) is 15.7. The maximum absolute atomic E-state index is 13.9. The van der Waals surface area contributed by atoms with E-state index in [0.717, 1.165) is 16.5 Å². The monoisotopic (exact) mass is 671 g/mol. The predicted octanol–water partition coefficient (Wildman–Crippen LogP) is 3.36. The van der Waals surface area contributed by atoms with E-state index < -0.39 is 41.4 Å². The minimum atomic E-state index is -1.21. The highest BCUT2D eigenvalue weighted by Gasteiger charge is 2.39. The molecular formula is C32H39Cl2N7O5. The van der Waals surface area contributed by atoms with Crippen LogP contribution < -0.4 is 16.4 Å². The molecule has 1 aliphatic rings. The molecule has 2 aromatic heterocycles. The van der Waals surface area contributed by atoms with Crippen LogP contribution in [0.2, 0.25) is 0 Å². The minimum absolute atomic E-state index is 0. The number of carbonyl (C=O) groups excluding carboxylic acids is 4. The highest BCUT2D eigenvalue weighted by molar-refractivity contribution is 5.98. The number of H-pyrrole nitrogens is 1. The third-order valence-electron chi connectivity index (χ3n) is 7.82. The molecule has 3 heterocycles. The van der Waals surface area contributed by atoms with Crippen molar-refractivity contribution in [2.45, 2.75) is 56.8 Å². The Balaban J connectivity index is 0.00000288. The standard InChI is InChI=1S/C32H37N7O5.2ClH/c1-32(2,33)31(43)36-24(16-21-17-34-23-13-8-7-12-22(21)23)28(40)37-26-18-38(19-35-26)27(20-10-5-4-6-11-20)29(41)39-15-9-14-25(39)30(42)44-3;;/h4-8,10-13,17-19,24-25,27,34H,9,14-16,33H2,1-3H3,(H,36,43)(H,37,40);2*1H/t24-,25?,27?;;/m1../s1. The predicted molar refractivity (Wildman–Crippen MR) is 179 cm³/mol. The number of nitrogens with zero attached hydrogens (tertiary/aromatic N) is 3. The lowest BCUT2D eigenvalue weighted by Gasteiger charge is -2.28. The van der Waals surface area contributed by atoms with Gasteiger partial charge >= 0.3 is 5.97 Å². The fraction of sp³-hybridized carbons (Fsp3) is 0.344. The van der Waals surface area contributed by atoms with Gasteiger partial charge in [0.05, 0.1) is 19.0 Å². The highest BCUT2D eigenvalue weighted by Crippen LogP contribution is 2.28. The Hall–Kier alpha value is -4.39. The van der Waals surface area contributed by atoms with Crippen LogP contribution in [0, 0.1) is 0 Å². The first kappa shape index (κ1) is 36.1. The molecule has 0 radical (unpaired) electrons. The van der Waals surface area contributed by atoms with Gasteiger partial charge in [-0.05, 0) is 43.9 Å². The number of ether oxygens (including phenoxy) is 1. The van der Waals surface area contributed by atoms with Gasteiger partial charge in [0.1, 0.15) is 18.1 Å². The van der Waals surface area contributed by atoms with E-state index in [4.69, 9.17) is 10.5 Å². The maximum Gasteiger partial charge on any atom is 0.328 e. The van der Waals surface area contributed by atoms with Crippen molar-refractivity contribution in [3.63, 3.8) is 0 Å². The summed E-state index contributed by atoms with van der Waals surface area (Å²) >= 11 is 0. The first-order chi connectivity index (χ1) is 21.1. The number of nitrogens with one attached hydrogen (secondary N) is 3. The molecule has 1 fully saturated rings. The number of likely N-dealkylation sites (tertiary alicyclic amines) is 1. The van der Waals surface area contributed by atoms with Crippen molar-refractivity contribution in [1.29, 1.82) is 0 Å². The number of esters is 1. The Morgan fingerprint density at radius 3 is 2.48 bits per heavy atom. The molecule has 1 aliphatic heterocycles. The molecule has 14 heteroatoms. The van der Waals surface area contributed by atoms with Crippen LogP contribution in [0.1, 0.15) is 43.9 Å². The number of methoxy groups -OCH3 is 1. The second-order valence-electron chi connectivity index (χ2n) is 11.5. The van der Waals surface area contributed by atoms with E-state index in [2.05, 4.69) is 20.6 Å². The van der Waals surface area contributed by atoms with Gasteiger partial charge in [0.15, 0.2) is 5.82 Å². The Morgan fingerprint density at radius 1 is 1.09 bits per heavy atom. The van der Waals surface area contributed by atoms with Crippen molar-refractivity contribution in [2.75, 3.05) is 19.0 Å². The van der Waals surface area contributed by atoms with E-state index in [9.17, 15) is 19.2 Å². The summed E-state index contributed by atoms with van der Waals surface area (Å²) in [4.78, 5) is 61.9. The van der Waals surface area contributed by atoms with Crippen LogP contribution in [0.5, 0.6) is 0 Å². The number of nitrogens with two attached hydrogens (primary N) is 1. The second-order valence-corrected chi connectivity index (χ2v) is 11.5. The van der Waals surface area contributed by atoms with Gasteiger partial charge in [-0.25, -0.2) is 9.78 Å². The van der Waals surface area contributed by atoms with Gasteiger partial charge in [0.25, 0.3) is 5.91 Å². The molecule has 246 valence electrons. The number of benzene rings is 2. The Kier molecular flexibility index (Phi) is 12.0. The largest absolute Gasteiger partial charge is 0.467 e. The lowest BCUT2D eigenvalue weighted by atomic mass is 10.0. The lowest BCUT2D eigenvalue weighted by Crippen LogP contribution is -2.55. The number of carbonyl (C=O) groups is 4. The first-order valence-corrected chi connectivity index (χ1v) is 14.5. The van der Waals surface area contributed by atoms with Crippen LogP contribution in [-0.2, 0) is 30.3 Å². The summed E-state index contributed by atoms with van der Waals surface area (Å²) in [6.07, 6.45) is 6.25. The molecule has 4 aromatic rings. The fourth-order valence-electron chi connectivity index (χ4n) is 5.48. The average molecular weight is 673 g/mol. The van der Waals surface area contributed by atoms with E-state index in [1.54, 1.807) is 29.5 Å². The summed E-state index contributed by atoms with van der Waals surface area (Å²) < 4.78 is 6.55. The van der Waals surface area contributed by atoms with Crippen LogP contribution in [0.3, 0.4) is 0 Å². The van der Waals surface area contributed by atoms with Crippen molar-refractivity contribution >= 4 is 65.2 Å². The zero-order chi connectivity index (χ0) is 31.4. The first-order valence-electron chi connectivity index (χ1n) is 14.5. The molecule has 0 spiro atoms. The molecular weight excluding hydrogens is 633 g/mol. The van der Waals surface area contributed by atoms with Crippen molar-refractivity contribution in [3.8, 4) is 0 Å². The number of para-hydroxylation sites is 1. The van der Waals surface area contributed by atoms with Crippen molar-refractivity contribution in [3.05, 3.63) is 84.4 Å². The number of aromatic nitrogens is 3. The summed E-state index contributed by atoms with van der Waals surface area (Å²) in [7, 11) is 1.31. The average Bonchev–Trinajstić information content (AvgIpc) is 3.77. The van der Waals surface area contributed by atoms with Crippen LogP contribution >= 0.6 is 24.8 Å². The van der Waals surface area contributed by atoms with Gasteiger partial charge in [0, 0.05) is 36.3 Å². The number of rotatable bonds is 10. The number of hydrogen-bond acceptors (Lipinski definition) is 7. The van der Waals surface area contributed by atoms with E-state index in [1.165, 1.54) is 13.4 Å². The van der Waals surface area contributed by atoms with Gasteiger partial charge in [-0.3, -0.25) is 14.4 Å². The smallest absolute Gasteiger partial charge is 0.328 e. The molecule has 46 heavy (non-hydrogen) atoms. The second kappa shape index (κ2) is 15.3. The van der Waals surface area contributed by atoms with Crippen LogP contribution in [0.4, 0.5) is 5.82 Å². The molecule has 0 aliphatic carbocycles. The third-order valence-corrected chi connectivity index (χ3v) is 7.82. The van der Waals surface area contributed by atoms with Gasteiger partial charge < -0.3 is 35.6 Å². The van der Waals surface area contributed by atoms with E-state index in [-0.39, 0.29) is 43.0 Å². The number of hydrogen-bond donors (Lipinski definition) is 4. The van der Waals surface area contributed by atoms with Crippen LogP contribution in [-0.4, -0.2) is 74.4 Å². The molecule has 3 amide bonds. The van der Waals surface area contributed by atoms with Crippen LogP contribution in [0.15, 0.2) is 73.3 Å². The van der Waals surface area contributed by atoms with Crippen molar-refractivity contribution < 1.29 is 23.9 Å². The number of anilines is 1. The van der Waals surface area contributed by atoms with Gasteiger partial charge in [-0.2, -0.15) is 0 Å². The molecule has 1 saturated heterocycles. The number of amides is 3. The fourth-order valence-corrected chi connectivity index (χ4v) is 5.48. The lowest BCUT2D eigenvalue weighted by molar-refractivity contribution is -0.151. The van der Waals surface area contributed by atoms with Crippen LogP contribution in [0.25, 0.3) is 10.9 Å². The number of imidazole rings is 1. The molecule has 0 bridgehead atoms. The minimum Gasteiger partial charge on any atom is -0.467 e. The third kappa shape index (κ3) is 7.87. The van der Waals surface area contributed by atoms with E-state index in [1.807, 2.05) is 60.8 Å². The summed E-state index contributed by atoms with van der Waals surface area (Å²) in [5, 5.41) is 6.51. The molecule has 2 unspecified atom stereocenters. The quantitative estimate of drug-likeness (QED) is 0.188. The molecule has 5 rings (SSSR count). The Bertz CT molecular complexity index is 1670. The summed E-state index contributed by atoms with van der Waals surface area (Å²) in [6.45, 7) is 3.56. The number of aromatic amines is 1.